The maximum absolute atomic E-state index is 11.7. The number of nitrogens with zero attached hydrogens (tertiary/aromatic N) is 1. The number of alkyl carbamates (subject to hydrolysis) is 1. The van der Waals surface area contributed by atoms with Crippen LogP contribution in [0.4, 0.5) is 10.5 Å². The van der Waals surface area contributed by atoms with Crippen molar-refractivity contribution in [1.82, 2.24) is 5.32 Å². The van der Waals surface area contributed by atoms with Gasteiger partial charge in [-0.05, 0) is 17.5 Å². The van der Waals surface area contributed by atoms with Crippen molar-refractivity contribution in [2.45, 2.75) is 19.1 Å². The van der Waals surface area contributed by atoms with E-state index in [1.807, 2.05) is 30.3 Å². The quantitative estimate of drug-likeness (QED) is 0.478. The zero-order valence-electron chi connectivity index (χ0n) is 12.8. The summed E-state index contributed by atoms with van der Waals surface area (Å²) in [4.78, 5) is 33.0. The fourth-order valence-corrected chi connectivity index (χ4v) is 2.06. The normalized spacial score (nSPS) is 11.3. The number of hydrogen-bond acceptors (Lipinski definition) is 5. The smallest absolute Gasteiger partial charge is 0.408 e. The van der Waals surface area contributed by atoms with Gasteiger partial charge >= 0.3 is 6.09 Å². The Kier molecular flexibility index (Phi) is 6.01. The number of non-ortho nitro benzene ring substituents is 1. The number of ether oxygens (including phenoxy) is 1. The highest BCUT2D eigenvalue weighted by atomic mass is 16.6. The molecule has 1 atom stereocenters. The zero-order valence-corrected chi connectivity index (χ0v) is 12.8. The van der Waals surface area contributed by atoms with Crippen LogP contribution in [0.25, 0.3) is 0 Å². The lowest BCUT2D eigenvalue weighted by Gasteiger charge is -2.13. The Labute approximate surface area is 138 Å². The van der Waals surface area contributed by atoms with Crippen LogP contribution in [0.1, 0.15) is 11.1 Å². The van der Waals surface area contributed by atoms with Crippen molar-refractivity contribution >= 4 is 18.1 Å². The highest BCUT2D eigenvalue weighted by Crippen LogP contribution is 2.13. The molecule has 0 aliphatic carbocycles. The van der Waals surface area contributed by atoms with Gasteiger partial charge in [-0.15, -0.1) is 0 Å². The minimum atomic E-state index is -0.769. The molecular formula is C17H16N2O5. The molecule has 24 heavy (non-hydrogen) atoms. The summed E-state index contributed by atoms with van der Waals surface area (Å²) in [6.07, 6.45) is 0.130. The van der Waals surface area contributed by atoms with Crippen molar-refractivity contribution in [2.24, 2.45) is 0 Å². The molecule has 0 aromatic heterocycles. The van der Waals surface area contributed by atoms with E-state index in [0.717, 1.165) is 5.56 Å². The highest BCUT2D eigenvalue weighted by molar-refractivity contribution is 5.73. The standard InChI is InChI=1S/C17H16N2O5/c20-11-15(10-13-6-8-16(9-7-13)19(22)23)18-17(21)24-12-14-4-2-1-3-5-14/h1-9,11,15H,10,12H2,(H,18,21). The molecule has 0 fully saturated rings. The SMILES string of the molecule is O=CC(Cc1ccc([N+](=O)[O-])cc1)NC(=O)OCc1ccccc1. The van der Waals surface area contributed by atoms with Gasteiger partial charge in [-0.25, -0.2) is 4.79 Å². The second-order valence-electron chi connectivity index (χ2n) is 5.08. The number of hydrogen-bond donors (Lipinski definition) is 1. The van der Waals surface area contributed by atoms with Crippen molar-refractivity contribution in [3.8, 4) is 0 Å². The Bertz CT molecular complexity index is 701. The number of nitrogens with one attached hydrogen (secondary N) is 1. The average molecular weight is 328 g/mol. The number of benzene rings is 2. The fraction of sp³-hybridized carbons (Fsp3) is 0.176. The van der Waals surface area contributed by atoms with Gasteiger partial charge in [0.2, 0.25) is 0 Å². The van der Waals surface area contributed by atoms with E-state index >= 15 is 0 Å². The first-order valence-electron chi connectivity index (χ1n) is 7.24. The van der Waals surface area contributed by atoms with Gasteiger partial charge in [0.05, 0.1) is 11.0 Å². The predicted octanol–water partition coefficient (Wildman–Crippen LogP) is 2.63. The molecule has 0 bridgehead atoms. The Morgan fingerprint density at radius 1 is 1.12 bits per heavy atom. The first kappa shape index (κ1) is 17.1. The lowest BCUT2D eigenvalue weighted by molar-refractivity contribution is -0.384. The monoisotopic (exact) mass is 328 g/mol. The van der Waals surface area contributed by atoms with Gasteiger partial charge < -0.3 is 14.8 Å². The maximum Gasteiger partial charge on any atom is 0.408 e. The van der Waals surface area contributed by atoms with Crippen molar-refractivity contribution in [1.29, 1.82) is 0 Å². The van der Waals surface area contributed by atoms with E-state index in [-0.39, 0.29) is 18.7 Å². The van der Waals surface area contributed by atoms with Crippen molar-refractivity contribution in [3.05, 3.63) is 75.8 Å². The van der Waals surface area contributed by atoms with Crippen LogP contribution >= 0.6 is 0 Å². The Morgan fingerprint density at radius 2 is 1.79 bits per heavy atom. The molecule has 1 amide bonds. The molecule has 124 valence electrons. The maximum atomic E-state index is 11.7. The topological polar surface area (TPSA) is 98.5 Å². The number of amides is 1. The molecule has 0 heterocycles. The minimum absolute atomic E-state index is 0.0309. The van der Waals surface area contributed by atoms with Gasteiger partial charge in [0.25, 0.3) is 5.69 Å². The van der Waals surface area contributed by atoms with Crippen LogP contribution in [-0.4, -0.2) is 23.3 Å². The van der Waals surface area contributed by atoms with E-state index in [4.69, 9.17) is 4.74 Å². The van der Waals surface area contributed by atoms with Crippen LogP contribution in [-0.2, 0) is 22.6 Å². The van der Waals surface area contributed by atoms with Gasteiger partial charge in [0.1, 0.15) is 12.9 Å². The number of rotatable bonds is 7. The van der Waals surface area contributed by atoms with Gasteiger partial charge in [-0.3, -0.25) is 10.1 Å². The van der Waals surface area contributed by atoms with Crippen LogP contribution in [0.15, 0.2) is 54.6 Å². The van der Waals surface area contributed by atoms with E-state index < -0.39 is 17.1 Å². The molecular weight excluding hydrogens is 312 g/mol. The summed E-state index contributed by atoms with van der Waals surface area (Å²) in [5, 5.41) is 13.1. The van der Waals surface area contributed by atoms with E-state index in [1.54, 1.807) is 12.1 Å². The Balaban J connectivity index is 1.85. The summed E-state index contributed by atoms with van der Waals surface area (Å²) in [5.74, 6) is 0. The molecule has 1 unspecified atom stereocenters. The number of nitro benzene ring substituents is 1. The van der Waals surface area contributed by atoms with Gasteiger partial charge in [-0.2, -0.15) is 0 Å². The summed E-state index contributed by atoms with van der Waals surface area (Å²) in [6, 6.07) is 14.2. The first-order valence-corrected chi connectivity index (χ1v) is 7.24. The number of aldehydes is 1. The number of carbonyl (C=O) groups excluding carboxylic acids is 2. The van der Waals surface area contributed by atoms with Crippen molar-refractivity contribution < 1.29 is 19.2 Å². The second-order valence-corrected chi connectivity index (χ2v) is 5.08. The van der Waals surface area contributed by atoms with Gasteiger partial charge in [0.15, 0.2) is 0 Å². The molecule has 7 nitrogen and oxygen atoms in total. The lowest BCUT2D eigenvalue weighted by Crippen LogP contribution is -2.37. The molecule has 0 spiro atoms. The van der Waals surface area contributed by atoms with Crippen molar-refractivity contribution in [2.75, 3.05) is 0 Å². The Hall–Kier alpha value is -3.22. The summed E-state index contributed by atoms with van der Waals surface area (Å²) < 4.78 is 5.05. The number of carbonyl (C=O) groups is 2. The summed E-state index contributed by atoms with van der Waals surface area (Å²) in [5.41, 5.74) is 1.50. The molecule has 0 aliphatic rings. The predicted molar refractivity (Wildman–Crippen MR) is 86.4 cm³/mol. The third-order valence-corrected chi connectivity index (χ3v) is 3.28. The van der Waals surface area contributed by atoms with Gasteiger partial charge in [0, 0.05) is 12.1 Å². The molecule has 2 rings (SSSR count). The molecule has 1 N–H and O–H groups in total. The first-order chi connectivity index (χ1) is 11.6. The second kappa shape index (κ2) is 8.42. The third kappa shape index (κ3) is 5.20. The zero-order chi connectivity index (χ0) is 17.4. The molecule has 0 aliphatic heterocycles. The van der Waals surface area contributed by atoms with E-state index in [2.05, 4.69) is 5.32 Å². The molecule has 2 aromatic rings. The lowest BCUT2D eigenvalue weighted by atomic mass is 10.1. The van der Waals surface area contributed by atoms with Gasteiger partial charge in [-0.1, -0.05) is 42.5 Å². The molecule has 0 saturated carbocycles. The van der Waals surface area contributed by atoms with Crippen LogP contribution in [0.3, 0.4) is 0 Å². The highest BCUT2D eigenvalue weighted by Gasteiger charge is 2.14. The molecule has 0 saturated heterocycles. The van der Waals surface area contributed by atoms with Crippen LogP contribution in [0, 0.1) is 10.1 Å². The van der Waals surface area contributed by atoms with Crippen LogP contribution in [0.2, 0.25) is 0 Å². The summed E-state index contributed by atoms with van der Waals surface area (Å²) >= 11 is 0. The summed E-state index contributed by atoms with van der Waals surface area (Å²) in [6.45, 7) is 0.107. The molecule has 2 aromatic carbocycles. The molecule has 7 heteroatoms. The van der Waals surface area contributed by atoms with Crippen molar-refractivity contribution in [3.63, 3.8) is 0 Å². The third-order valence-electron chi connectivity index (χ3n) is 3.28. The molecule has 0 radical (unpaired) electrons. The fourth-order valence-electron chi connectivity index (χ4n) is 2.06. The Morgan fingerprint density at radius 3 is 2.38 bits per heavy atom. The van der Waals surface area contributed by atoms with Crippen LogP contribution in [0.5, 0.6) is 0 Å². The largest absolute Gasteiger partial charge is 0.445 e. The van der Waals surface area contributed by atoms with E-state index in [9.17, 15) is 19.7 Å². The van der Waals surface area contributed by atoms with E-state index in [1.165, 1.54) is 12.1 Å². The minimum Gasteiger partial charge on any atom is -0.445 e. The average Bonchev–Trinajstić information content (AvgIpc) is 2.60. The van der Waals surface area contributed by atoms with E-state index in [0.29, 0.717) is 11.8 Å². The number of nitro groups is 1. The van der Waals surface area contributed by atoms with Crippen LogP contribution < -0.4 is 5.32 Å². The summed E-state index contributed by atoms with van der Waals surface area (Å²) in [7, 11) is 0.